The highest BCUT2D eigenvalue weighted by Crippen LogP contribution is 2.30. The third kappa shape index (κ3) is 2.06. The van der Waals surface area contributed by atoms with Crippen LogP contribution in [0.1, 0.15) is 19.3 Å². The lowest BCUT2D eigenvalue weighted by Gasteiger charge is -2.29. The molecule has 4 nitrogen and oxygen atoms in total. The zero-order chi connectivity index (χ0) is 12.4. The molecule has 1 fully saturated rings. The molecule has 3 rings (SSSR count). The number of benzene rings is 1. The van der Waals surface area contributed by atoms with Crippen LogP contribution in [0.5, 0.6) is 0 Å². The number of nitrogen functional groups attached to an aromatic ring is 1. The van der Waals surface area contributed by atoms with E-state index >= 15 is 0 Å². The van der Waals surface area contributed by atoms with Gasteiger partial charge in [-0.3, -0.25) is 0 Å². The maximum atomic E-state index is 6.15. The predicted molar refractivity (Wildman–Crippen MR) is 72.4 cm³/mol. The van der Waals surface area contributed by atoms with Crippen LogP contribution in [-0.4, -0.2) is 18.2 Å². The predicted octanol–water partition coefficient (Wildman–Crippen LogP) is 2.91. The molecule has 0 spiro atoms. The molecule has 0 radical (unpaired) electrons. The number of rotatable bonds is 2. The van der Waals surface area contributed by atoms with Gasteiger partial charge in [-0.2, -0.15) is 0 Å². The first-order valence-electron chi connectivity index (χ1n) is 6.40. The maximum absolute atomic E-state index is 6.15. The van der Waals surface area contributed by atoms with Crippen LogP contribution in [-0.2, 0) is 0 Å². The van der Waals surface area contributed by atoms with E-state index in [1.54, 1.807) is 6.20 Å². The van der Waals surface area contributed by atoms with Crippen LogP contribution in [0.4, 0.5) is 11.4 Å². The summed E-state index contributed by atoms with van der Waals surface area (Å²) in [5.41, 5.74) is 9.08. The number of hydrogen-bond acceptors (Lipinski definition) is 4. The molecule has 2 heterocycles. The van der Waals surface area contributed by atoms with Crippen LogP contribution in [0.2, 0.25) is 0 Å². The SMILES string of the molecule is Nc1cc(-c2ccno2)ccc1N1CCCCC1. The first-order chi connectivity index (χ1) is 8.84. The molecule has 1 aromatic heterocycles. The van der Waals surface area contributed by atoms with E-state index in [4.69, 9.17) is 10.3 Å². The molecule has 0 saturated carbocycles. The van der Waals surface area contributed by atoms with E-state index in [0.29, 0.717) is 0 Å². The van der Waals surface area contributed by atoms with Crippen molar-refractivity contribution >= 4 is 11.4 Å². The summed E-state index contributed by atoms with van der Waals surface area (Å²) in [6.07, 6.45) is 5.48. The smallest absolute Gasteiger partial charge is 0.166 e. The van der Waals surface area contributed by atoms with E-state index < -0.39 is 0 Å². The fourth-order valence-corrected chi connectivity index (χ4v) is 2.50. The topological polar surface area (TPSA) is 55.3 Å². The molecule has 4 heteroatoms. The Kier molecular flexibility index (Phi) is 2.92. The van der Waals surface area contributed by atoms with E-state index in [9.17, 15) is 0 Å². The molecule has 2 aromatic rings. The van der Waals surface area contributed by atoms with Gasteiger partial charge in [0.1, 0.15) is 0 Å². The highest BCUT2D eigenvalue weighted by atomic mass is 16.5. The average molecular weight is 243 g/mol. The van der Waals surface area contributed by atoms with Crippen molar-refractivity contribution in [2.24, 2.45) is 0 Å². The number of aromatic nitrogens is 1. The maximum Gasteiger partial charge on any atom is 0.166 e. The van der Waals surface area contributed by atoms with Gasteiger partial charge >= 0.3 is 0 Å². The lowest BCUT2D eigenvalue weighted by molar-refractivity contribution is 0.432. The minimum absolute atomic E-state index is 0.756. The van der Waals surface area contributed by atoms with Gasteiger partial charge in [-0.05, 0) is 37.5 Å². The molecule has 0 bridgehead atoms. The van der Waals surface area contributed by atoms with Crippen molar-refractivity contribution in [3.8, 4) is 11.3 Å². The molecule has 0 aliphatic carbocycles. The van der Waals surface area contributed by atoms with E-state index in [1.165, 1.54) is 19.3 Å². The summed E-state index contributed by atoms with van der Waals surface area (Å²) in [7, 11) is 0. The molecule has 1 saturated heterocycles. The normalized spacial score (nSPS) is 15.9. The lowest BCUT2D eigenvalue weighted by atomic mass is 10.1. The molecule has 1 aromatic carbocycles. The molecule has 0 unspecified atom stereocenters. The van der Waals surface area contributed by atoms with Crippen LogP contribution in [0, 0.1) is 0 Å². The summed E-state index contributed by atoms with van der Waals surface area (Å²) in [6.45, 7) is 2.21. The van der Waals surface area contributed by atoms with E-state index in [1.807, 2.05) is 18.2 Å². The highest BCUT2D eigenvalue weighted by molar-refractivity contribution is 5.74. The summed E-state index contributed by atoms with van der Waals surface area (Å²) in [5.74, 6) is 0.756. The monoisotopic (exact) mass is 243 g/mol. The molecule has 94 valence electrons. The summed E-state index contributed by atoms with van der Waals surface area (Å²) in [6, 6.07) is 7.93. The number of hydrogen-bond donors (Lipinski definition) is 1. The molecular weight excluding hydrogens is 226 g/mol. The molecule has 18 heavy (non-hydrogen) atoms. The number of nitrogens with two attached hydrogens (primary N) is 1. The molecule has 1 aliphatic rings. The number of piperidine rings is 1. The lowest BCUT2D eigenvalue weighted by Crippen LogP contribution is -2.29. The van der Waals surface area contributed by atoms with Crippen molar-refractivity contribution in [1.29, 1.82) is 0 Å². The Labute approximate surface area is 106 Å². The number of nitrogens with zero attached hydrogens (tertiary/aromatic N) is 2. The van der Waals surface area contributed by atoms with Gasteiger partial charge in [-0.15, -0.1) is 0 Å². The second-order valence-corrected chi connectivity index (χ2v) is 4.70. The number of anilines is 2. The van der Waals surface area contributed by atoms with Crippen molar-refractivity contribution in [3.63, 3.8) is 0 Å². The van der Waals surface area contributed by atoms with E-state index in [2.05, 4.69) is 16.1 Å². The minimum Gasteiger partial charge on any atom is -0.397 e. The van der Waals surface area contributed by atoms with E-state index in [0.717, 1.165) is 35.8 Å². The van der Waals surface area contributed by atoms with E-state index in [-0.39, 0.29) is 0 Å². The average Bonchev–Trinajstić information content (AvgIpc) is 2.93. The van der Waals surface area contributed by atoms with Crippen molar-refractivity contribution in [3.05, 3.63) is 30.5 Å². The third-order valence-electron chi connectivity index (χ3n) is 3.45. The van der Waals surface area contributed by atoms with Gasteiger partial charge in [0.2, 0.25) is 0 Å². The summed E-state index contributed by atoms with van der Waals surface area (Å²) in [4.78, 5) is 2.36. The van der Waals surface area contributed by atoms with Crippen molar-refractivity contribution in [1.82, 2.24) is 5.16 Å². The highest BCUT2D eigenvalue weighted by Gasteiger charge is 2.14. The van der Waals surface area contributed by atoms with Crippen molar-refractivity contribution in [2.45, 2.75) is 19.3 Å². The Hall–Kier alpha value is -1.97. The Bertz CT molecular complexity index is 516. The summed E-state index contributed by atoms with van der Waals surface area (Å²) in [5, 5.41) is 3.71. The summed E-state index contributed by atoms with van der Waals surface area (Å²) < 4.78 is 5.14. The third-order valence-corrected chi connectivity index (χ3v) is 3.45. The second-order valence-electron chi connectivity index (χ2n) is 4.70. The zero-order valence-electron chi connectivity index (χ0n) is 10.3. The molecule has 0 atom stereocenters. The van der Waals surface area contributed by atoms with Gasteiger partial charge in [-0.1, -0.05) is 5.16 Å². The Morgan fingerprint density at radius 1 is 1.11 bits per heavy atom. The first-order valence-corrected chi connectivity index (χ1v) is 6.40. The van der Waals surface area contributed by atoms with Crippen LogP contribution >= 0.6 is 0 Å². The van der Waals surface area contributed by atoms with Crippen molar-refractivity contribution in [2.75, 3.05) is 23.7 Å². The quantitative estimate of drug-likeness (QED) is 0.824. The summed E-state index contributed by atoms with van der Waals surface area (Å²) >= 11 is 0. The minimum atomic E-state index is 0.756. The van der Waals surface area contributed by atoms with Crippen LogP contribution in [0.25, 0.3) is 11.3 Å². The molecule has 0 amide bonds. The van der Waals surface area contributed by atoms with Gasteiger partial charge in [0.05, 0.1) is 17.6 Å². The van der Waals surface area contributed by atoms with Gasteiger partial charge in [0, 0.05) is 24.7 Å². The van der Waals surface area contributed by atoms with Crippen LogP contribution in [0.15, 0.2) is 35.0 Å². The standard InChI is InChI=1S/C14H17N3O/c15-12-10-11(14-6-7-16-18-14)4-5-13(12)17-8-2-1-3-9-17/h4-7,10H,1-3,8-9,15H2. The largest absolute Gasteiger partial charge is 0.397 e. The van der Waals surface area contributed by atoms with Crippen molar-refractivity contribution < 1.29 is 4.52 Å². The van der Waals surface area contributed by atoms with Crippen LogP contribution < -0.4 is 10.6 Å². The molecule has 1 aliphatic heterocycles. The van der Waals surface area contributed by atoms with Gasteiger partial charge < -0.3 is 15.2 Å². The Balaban J connectivity index is 1.89. The Morgan fingerprint density at radius 2 is 1.94 bits per heavy atom. The second kappa shape index (κ2) is 4.72. The van der Waals surface area contributed by atoms with Crippen LogP contribution in [0.3, 0.4) is 0 Å². The molecule has 2 N–H and O–H groups in total. The Morgan fingerprint density at radius 3 is 2.61 bits per heavy atom. The zero-order valence-corrected chi connectivity index (χ0v) is 10.3. The first kappa shape index (κ1) is 11.1. The fourth-order valence-electron chi connectivity index (χ4n) is 2.50. The molecular formula is C14H17N3O. The van der Waals surface area contributed by atoms with Gasteiger partial charge in [0.25, 0.3) is 0 Å². The van der Waals surface area contributed by atoms with Gasteiger partial charge in [-0.25, -0.2) is 0 Å². The fraction of sp³-hybridized carbons (Fsp3) is 0.357. The van der Waals surface area contributed by atoms with Gasteiger partial charge in [0.15, 0.2) is 5.76 Å².